The Labute approximate surface area is 124 Å². The van der Waals surface area contributed by atoms with E-state index in [4.69, 9.17) is 0 Å². The van der Waals surface area contributed by atoms with Gasteiger partial charge in [-0.25, -0.2) is 0 Å². The van der Waals surface area contributed by atoms with Gasteiger partial charge in [0.1, 0.15) is 0 Å². The van der Waals surface area contributed by atoms with Gasteiger partial charge in [0.15, 0.2) is 0 Å². The molecule has 2 rings (SSSR count). The minimum absolute atomic E-state index is 0.106. The van der Waals surface area contributed by atoms with Crippen LogP contribution in [-0.2, 0) is 21.6 Å². The summed E-state index contributed by atoms with van der Waals surface area (Å²) in [6.07, 6.45) is 0.113. The number of likely N-dealkylation sites (tertiary alicyclic amines) is 1. The third-order valence-electron chi connectivity index (χ3n) is 3.46. The number of carbonyl (C=O) groups is 1. The van der Waals surface area contributed by atoms with Crippen molar-refractivity contribution < 1.29 is 17.1 Å². The molecule has 1 amide bonds. The van der Waals surface area contributed by atoms with Crippen molar-refractivity contribution in [3.05, 3.63) is 35.9 Å². The van der Waals surface area contributed by atoms with E-state index in [9.17, 15) is 17.1 Å². The molecule has 1 saturated heterocycles. The second-order valence-corrected chi connectivity index (χ2v) is 6.69. The highest BCUT2D eigenvalue weighted by molar-refractivity contribution is 7.86. The summed E-state index contributed by atoms with van der Waals surface area (Å²) in [5.74, 6) is -1.10. The highest BCUT2D eigenvalue weighted by Crippen LogP contribution is 2.19. The molecule has 0 spiro atoms. The van der Waals surface area contributed by atoms with E-state index in [1.54, 1.807) is 4.90 Å². The number of hydrogen-bond donors (Lipinski definition) is 1. The van der Waals surface area contributed by atoms with Gasteiger partial charge in [-0.3, -0.25) is 4.79 Å². The Morgan fingerprint density at radius 3 is 2.67 bits per heavy atom. The average Bonchev–Trinajstić information content (AvgIpc) is 2.74. The Hall–Kier alpha value is -1.47. The predicted molar refractivity (Wildman–Crippen MR) is 77.7 cm³/mol. The van der Waals surface area contributed by atoms with Gasteiger partial charge >= 0.3 is 10.2 Å². The van der Waals surface area contributed by atoms with E-state index in [-0.39, 0.29) is 12.3 Å². The second-order valence-electron chi connectivity index (χ2n) is 5.28. The highest BCUT2D eigenvalue weighted by atomic mass is 32.3. The SMILES string of the molecule is O=C1CC(CS(=O)(=O)F)CN1CCNCc1ccccc1. The Bertz CT molecular complexity index is 577. The van der Waals surface area contributed by atoms with E-state index in [0.29, 0.717) is 26.2 Å². The first-order valence-corrected chi connectivity index (χ1v) is 8.44. The summed E-state index contributed by atoms with van der Waals surface area (Å²) in [6, 6.07) is 9.89. The molecule has 1 aromatic carbocycles. The Morgan fingerprint density at radius 1 is 1.29 bits per heavy atom. The first-order chi connectivity index (χ1) is 9.94. The van der Waals surface area contributed by atoms with E-state index in [0.717, 1.165) is 5.56 Å². The zero-order valence-electron chi connectivity index (χ0n) is 11.7. The number of hydrogen-bond acceptors (Lipinski definition) is 4. The van der Waals surface area contributed by atoms with Gasteiger partial charge in [-0.05, 0) is 5.56 Å². The number of amides is 1. The molecule has 0 saturated carbocycles. The highest BCUT2D eigenvalue weighted by Gasteiger charge is 2.32. The fourth-order valence-corrected chi connectivity index (χ4v) is 3.29. The molecular formula is C14H19FN2O3S. The van der Waals surface area contributed by atoms with Gasteiger partial charge < -0.3 is 10.2 Å². The molecule has 5 nitrogen and oxygen atoms in total. The summed E-state index contributed by atoms with van der Waals surface area (Å²) < 4.78 is 33.8. The van der Waals surface area contributed by atoms with Crippen LogP contribution in [-0.4, -0.2) is 44.6 Å². The number of carbonyl (C=O) groups excluding carboxylic acids is 1. The van der Waals surface area contributed by atoms with E-state index < -0.39 is 21.9 Å². The van der Waals surface area contributed by atoms with Crippen molar-refractivity contribution in [3.63, 3.8) is 0 Å². The van der Waals surface area contributed by atoms with Gasteiger partial charge in [0.2, 0.25) is 5.91 Å². The maximum absolute atomic E-state index is 12.6. The topological polar surface area (TPSA) is 66.5 Å². The maximum atomic E-state index is 12.6. The molecule has 0 aromatic heterocycles. The minimum Gasteiger partial charge on any atom is -0.341 e. The second kappa shape index (κ2) is 7.00. The average molecular weight is 314 g/mol. The lowest BCUT2D eigenvalue weighted by Gasteiger charge is -2.16. The molecule has 0 aliphatic carbocycles. The summed E-state index contributed by atoms with van der Waals surface area (Å²) in [5.41, 5.74) is 1.16. The van der Waals surface area contributed by atoms with Gasteiger partial charge in [0.05, 0.1) is 5.75 Å². The summed E-state index contributed by atoms with van der Waals surface area (Å²) in [4.78, 5) is 13.3. The van der Waals surface area contributed by atoms with Crippen LogP contribution in [0.2, 0.25) is 0 Å². The van der Waals surface area contributed by atoms with Gasteiger partial charge in [-0.1, -0.05) is 30.3 Å². The zero-order chi connectivity index (χ0) is 15.3. The number of halogens is 1. The van der Waals surface area contributed by atoms with Crippen molar-refractivity contribution in [2.45, 2.75) is 13.0 Å². The first kappa shape index (κ1) is 15.9. The Balaban J connectivity index is 1.70. The van der Waals surface area contributed by atoms with Gasteiger partial charge in [-0.2, -0.15) is 8.42 Å². The number of rotatable bonds is 7. The fourth-order valence-electron chi connectivity index (χ4n) is 2.51. The van der Waals surface area contributed by atoms with Crippen molar-refractivity contribution in [1.29, 1.82) is 0 Å². The van der Waals surface area contributed by atoms with Crippen LogP contribution in [0.25, 0.3) is 0 Å². The maximum Gasteiger partial charge on any atom is 0.302 e. The van der Waals surface area contributed by atoms with Crippen LogP contribution >= 0.6 is 0 Å². The Kier molecular flexibility index (Phi) is 5.30. The summed E-state index contributed by atoms with van der Waals surface area (Å²) >= 11 is 0. The van der Waals surface area contributed by atoms with Crippen molar-refractivity contribution in [1.82, 2.24) is 10.2 Å². The number of nitrogens with one attached hydrogen (secondary N) is 1. The smallest absolute Gasteiger partial charge is 0.302 e. The third kappa shape index (κ3) is 5.43. The van der Waals surface area contributed by atoms with Crippen LogP contribution in [0, 0.1) is 5.92 Å². The minimum atomic E-state index is -4.51. The van der Waals surface area contributed by atoms with Crippen LogP contribution in [0.4, 0.5) is 3.89 Å². The van der Waals surface area contributed by atoms with Crippen LogP contribution < -0.4 is 5.32 Å². The lowest BCUT2D eigenvalue weighted by atomic mass is 10.1. The van der Waals surface area contributed by atoms with Gasteiger partial charge in [0.25, 0.3) is 0 Å². The number of benzene rings is 1. The van der Waals surface area contributed by atoms with Crippen molar-refractivity contribution in [3.8, 4) is 0 Å². The summed E-state index contributed by atoms with van der Waals surface area (Å²) in [7, 11) is -4.51. The zero-order valence-corrected chi connectivity index (χ0v) is 12.5. The van der Waals surface area contributed by atoms with Gasteiger partial charge in [0, 0.05) is 38.5 Å². The van der Waals surface area contributed by atoms with Crippen molar-refractivity contribution in [2.75, 3.05) is 25.4 Å². The predicted octanol–water partition coefficient (Wildman–Crippen LogP) is 0.924. The van der Waals surface area contributed by atoms with Crippen LogP contribution in [0.3, 0.4) is 0 Å². The molecule has 1 N–H and O–H groups in total. The molecule has 1 aliphatic heterocycles. The molecular weight excluding hydrogens is 295 g/mol. The van der Waals surface area contributed by atoms with Crippen molar-refractivity contribution in [2.24, 2.45) is 5.92 Å². The molecule has 7 heteroatoms. The molecule has 1 heterocycles. The van der Waals surface area contributed by atoms with Crippen LogP contribution in [0.15, 0.2) is 30.3 Å². The monoisotopic (exact) mass is 314 g/mol. The summed E-state index contributed by atoms with van der Waals surface area (Å²) in [6.45, 7) is 2.16. The van der Waals surface area contributed by atoms with Gasteiger partial charge in [-0.15, -0.1) is 3.89 Å². The summed E-state index contributed by atoms with van der Waals surface area (Å²) in [5, 5.41) is 3.23. The standard InChI is InChI=1S/C14H19FN2O3S/c15-21(19,20)11-13-8-14(18)17(10-13)7-6-16-9-12-4-2-1-3-5-12/h1-5,13,16H,6-11H2. The number of nitrogens with zero attached hydrogens (tertiary/aromatic N) is 1. The molecule has 1 unspecified atom stereocenters. The lowest BCUT2D eigenvalue weighted by Crippen LogP contribution is -2.33. The molecule has 1 fully saturated rings. The molecule has 1 aromatic rings. The molecule has 116 valence electrons. The Morgan fingerprint density at radius 2 is 2.00 bits per heavy atom. The van der Waals surface area contributed by atoms with E-state index in [1.165, 1.54) is 0 Å². The van der Waals surface area contributed by atoms with Crippen LogP contribution in [0.5, 0.6) is 0 Å². The quantitative estimate of drug-likeness (QED) is 0.600. The van der Waals surface area contributed by atoms with E-state index in [2.05, 4.69) is 5.32 Å². The molecule has 1 aliphatic rings. The third-order valence-corrected chi connectivity index (χ3v) is 4.33. The normalized spacial score (nSPS) is 19.2. The molecule has 1 atom stereocenters. The van der Waals surface area contributed by atoms with E-state index in [1.807, 2.05) is 30.3 Å². The molecule has 0 bridgehead atoms. The first-order valence-electron chi connectivity index (χ1n) is 6.89. The molecule has 0 radical (unpaired) electrons. The van der Waals surface area contributed by atoms with Crippen LogP contribution in [0.1, 0.15) is 12.0 Å². The molecule has 21 heavy (non-hydrogen) atoms. The van der Waals surface area contributed by atoms with Crippen molar-refractivity contribution >= 4 is 16.1 Å². The lowest BCUT2D eigenvalue weighted by molar-refractivity contribution is -0.127. The fraction of sp³-hybridized carbons (Fsp3) is 0.500. The largest absolute Gasteiger partial charge is 0.341 e. The van der Waals surface area contributed by atoms with E-state index >= 15 is 0 Å².